The Balaban J connectivity index is 1.67. The lowest BCUT2D eigenvalue weighted by molar-refractivity contribution is -0.124. The molecule has 1 aliphatic heterocycles. The van der Waals surface area contributed by atoms with Crippen molar-refractivity contribution >= 4 is 5.91 Å². The van der Waals surface area contributed by atoms with E-state index in [0.29, 0.717) is 12.0 Å². The summed E-state index contributed by atoms with van der Waals surface area (Å²) in [6.45, 7) is 5.86. The Kier molecular flexibility index (Phi) is 6.02. The first kappa shape index (κ1) is 16.7. The van der Waals surface area contributed by atoms with Crippen molar-refractivity contribution in [2.24, 2.45) is 11.7 Å². The van der Waals surface area contributed by atoms with E-state index < -0.39 is 5.54 Å². The summed E-state index contributed by atoms with van der Waals surface area (Å²) in [6.07, 6.45) is 6.60. The molecule has 1 heterocycles. The summed E-state index contributed by atoms with van der Waals surface area (Å²) in [5.41, 5.74) is 5.04. The van der Waals surface area contributed by atoms with Gasteiger partial charge in [0.15, 0.2) is 0 Å². The van der Waals surface area contributed by atoms with Gasteiger partial charge in [-0.1, -0.05) is 0 Å². The van der Waals surface area contributed by atoms with E-state index in [0.717, 1.165) is 39.1 Å². The summed E-state index contributed by atoms with van der Waals surface area (Å²) >= 11 is 0. The second-order valence-electron chi connectivity index (χ2n) is 7.06. The first-order chi connectivity index (χ1) is 9.99. The molecule has 0 radical (unpaired) electrons. The van der Waals surface area contributed by atoms with Crippen LogP contribution in [0.15, 0.2) is 0 Å². The number of hydrogen-bond acceptors (Lipinski definition) is 4. The van der Waals surface area contributed by atoms with Crippen LogP contribution in [0.25, 0.3) is 0 Å². The van der Waals surface area contributed by atoms with Crippen LogP contribution in [0.1, 0.15) is 45.4 Å². The lowest BCUT2D eigenvalue weighted by Crippen LogP contribution is -2.54. The smallest absolute Gasteiger partial charge is 0.237 e. The first-order valence-corrected chi connectivity index (χ1v) is 8.33. The van der Waals surface area contributed by atoms with E-state index in [4.69, 9.17) is 10.5 Å². The molecule has 0 bridgehead atoms. The number of amides is 1. The van der Waals surface area contributed by atoms with Gasteiger partial charge in [-0.3, -0.25) is 4.79 Å². The van der Waals surface area contributed by atoms with Gasteiger partial charge in [0.25, 0.3) is 0 Å². The van der Waals surface area contributed by atoms with Crippen LogP contribution in [0.4, 0.5) is 0 Å². The Morgan fingerprint density at radius 2 is 2.19 bits per heavy atom. The molecule has 122 valence electrons. The molecule has 2 rings (SSSR count). The maximum atomic E-state index is 11.7. The van der Waals surface area contributed by atoms with Gasteiger partial charge in [0, 0.05) is 19.2 Å². The minimum atomic E-state index is -0.546. The first-order valence-electron chi connectivity index (χ1n) is 8.33. The minimum absolute atomic E-state index is 0.224. The van der Waals surface area contributed by atoms with Crippen LogP contribution in [-0.4, -0.2) is 55.7 Å². The third kappa shape index (κ3) is 5.57. The Morgan fingerprint density at radius 3 is 2.76 bits per heavy atom. The minimum Gasteiger partial charge on any atom is -0.381 e. The molecule has 2 aliphatic rings. The van der Waals surface area contributed by atoms with Crippen molar-refractivity contribution < 1.29 is 9.53 Å². The van der Waals surface area contributed by atoms with E-state index in [1.165, 1.54) is 25.7 Å². The van der Waals surface area contributed by atoms with Gasteiger partial charge in [0.2, 0.25) is 5.91 Å². The van der Waals surface area contributed by atoms with Gasteiger partial charge in [0.05, 0.1) is 12.1 Å². The number of carbonyl (C=O) groups excluding carboxylic acids is 1. The molecule has 3 N–H and O–H groups in total. The second kappa shape index (κ2) is 7.56. The highest BCUT2D eigenvalue weighted by atomic mass is 16.5. The van der Waals surface area contributed by atoms with Crippen LogP contribution in [0.5, 0.6) is 0 Å². The Morgan fingerprint density at radius 1 is 1.43 bits per heavy atom. The molecule has 1 saturated heterocycles. The predicted octanol–water partition coefficient (Wildman–Crippen LogP) is 1.12. The summed E-state index contributed by atoms with van der Waals surface area (Å²) < 4.78 is 5.53. The number of nitrogens with one attached hydrogen (secondary N) is 1. The average Bonchev–Trinajstić information content (AvgIpc) is 3.23. The average molecular weight is 297 g/mol. The molecule has 1 amide bonds. The van der Waals surface area contributed by atoms with E-state index in [1.54, 1.807) is 0 Å². The van der Waals surface area contributed by atoms with Gasteiger partial charge in [-0.15, -0.1) is 0 Å². The number of nitrogens with zero attached hydrogens (tertiary/aromatic N) is 1. The molecular formula is C16H31N3O2. The fraction of sp³-hybridized carbons (Fsp3) is 0.938. The fourth-order valence-corrected chi connectivity index (χ4v) is 3.13. The maximum absolute atomic E-state index is 11.7. The quantitative estimate of drug-likeness (QED) is 0.669. The molecule has 1 aliphatic carbocycles. The zero-order valence-electron chi connectivity index (χ0n) is 13.6. The van der Waals surface area contributed by atoms with Crippen molar-refractivity contribution in [1.82, 2.24) is 10.2 Å². The standard InChI is InChI=1S/C16H31N3O2/c1-16(15(17)20,18-14-6-7-14)8-4-9-19(2)11-13-5-3-10-21-12-13/h13-14,18H,3-12H2,1-2H3,(H2,17,20). The van der Waals surface area contributed by atoms with E-state index in [9.17, 15) is 4.79 Å². The molecule has 0 aromatic heterocycles. The van der Waals surface area contributed by atoms with Crippen LogP contribution in [-0.2, 0) is 9.53 Å². The summed E-state index contributed by atoms with van der Waals surface area (Å²) in [5, 5.41) is 3.41. The Labute approximate surface area is 128 Å². The summed E-state index contributed by atoms with van der Waals surface area (Å²) in [4.78, 5) is 14.1. The molecule has 2 fully saturated rings. The third-order valence-electron chi connectivity index (χ3n) is 4.68. The highest BCUT2D eigenvalue weighted by Gasteiger charge is 2.36. The number of carbonyl (C=O) groups is 1. The molecule has 0 aromatic carbocycles. The molecule has 5 nitrogen and oxygen atoms in total. The van der Waals surface area contributed by atoms with Gasteiger partial charge >= 0.3 is 0 Å². The van der Waals surface area contributed by atoms with Gasteiger partial charge in [0.1, 0.15) is 0 Å². The maximum Gasteiger partial charge on any atom is 0.237 e. The Bertz CT molecular complexity index is 340. The van der Waals surface area contributed by atoms with Gasteiger partial charge in [-0.2, -0.15) is 0 Å². The zero-order valence-corrected chi connectivity index (χ0v) is 13.6. The number of primary amides is 1. The molecule has 2 atom stereocenters. The summed E-state index contributed by atoms with van der Waals surface area (Å²) in [6, 6.07) is 0.500. The molecule has 0 aromatic rings. The Hall–Kier alpha value is -0.650. The van der Waals surface area contributed by atoms with Crippen LogP contribution in [0.2, 0.25) is 0 Å². The highest BCUT2D eigenvalue weighted by molar-refractivity contribution is 5.84. The third-order valence-corrected chi connectivity index (χ3v) is 4.68. The predicted molar refractivity (Wildman–Crippen MR) is 84.0 cm³/mol. The van der Waals surface area contributed by atoms with E-state index in [-0.39, 0.29) is 5.91 Å². The van der Waals surface area contributed by atoms with Gasteiger partial charge in [-0.05, 0) is 65.0 Å². The van der Waals surface area contributed by atoms with Crippen LogP contribution in [0, 0.1) is 5.92 Å². The topological polar surface area (TPSA) is 67.6 Å². The molecule has 1 saturated carbocycles. The number of hydrogen-bond donors (Lipinski definition) is 2. The second-order valence-corrected chi connectivity index (χ2v) is 7.06. The molecule has 21 heavy (non-hydrogen) atoms. The van der Waals surface area contributed by atoms with Gasteiger partial charge in [-0.25, -0.2) is 0 Å². The summed E-state index contributed by atoms with van der Waals surface area (Å²) in [7, 11) is 2.16. The van der Waals surface area contributed by atoms with E-state index in [1.807, 2.05) is 6.92 Å². The van der Waals surface area contributed by atoms with Crippen LogP contribution >= 0.6 is 0 Å². The van der Waals surface area contributed by atoms with Crippen molar-refractivity contribution in [3.8, 4) is 0 Å². The highest BCUT2D eigenvalue weighted by Crippen LogP contribution is 2.25. The number of rotatable bonds is 9. The molecular weight excluding hydrogens is 266 g/mol. The lowest BCUT2D eigenvalue weighted by Gasteiger charge is -2.30. The van der Waals surface area contributed by atoms with E-state index >= 15 is 0 Å². The van der Waals surface area contributed by atoms with Crippen molar-refractivity contribution in [3.05, 3.63) is 0 Å². The van der Waals surface area contributed by atoms with Crippen LogP contribution < -0.4 is 11.1 Å². The number of nitrogens with two attached hydrogens (primary N) is 1. The largest absolute Gasteiger partial charge is 0.381 e. The number of ether oxygens (including phenoxy) is 1. The molecule has 0 spiro atoms. The van der Waals surface area contributed by atoms with Crippen molar-refractivity contribution in [1.29, 1.82) is 0 Å². The fourth-order valence-electron chi connectivity index (χ4n) is 3.13. The SMILES string of the molecule is CN(CCCC(C)(NC1CC1)C(N)=O)CC1CCCOC1. The lowest BCUT2D eigenvalue weighted by atomic mass is 9.94. The van der Waals surface area contributed by atoms with Gasteiger partial charge < -0.3 is 20.7 Å². The monoisotopic (exact) mass is 297 g/mol. The molecule has 5 heteroatoms. The zero-order chi connectivity index (χ0) is 15.3. The van der Waals surface area contributed by atoms with Crippen molar-refractivity contribution in [3.63, 3.8) is 0 Å². The molecule has 2 unspecified atom stereocenters. The van der Waals surface area contributed by atoms with Crippen molar-refractivity contribution in [2.75, 3.05) is 33.4 Å². The normalized spacial score (nSPS) is 25.8. The van der Waals surface area contributed by atoms with E-state index in [2.05, 4.69) is 17.3 Å². The summed E-state index contributed by atoms with van der Waals surface area (Å²) in [5.74, 6) is 0.439. The van der Waals surface area contributed by atoms with Crippen LogP contribution in [0.3, 0.4) is 0 Å². The van der Waals surface area contributed by atoms with Crippen molar-refractivity contribution in [2.45, 2.75) is 57.0 Å².